The van der Waals surface area contributed by atoms with Crippen LogP contribution in [-0.4, -0.2) is 13.1 Å². The van der Waals surface area contributed by atoms with Crippen molar-refractivity contribution in [3.05, 3.63) is 85.3 Å². The number of rotatable bonds is 7. The van der Waals surface area contributed by atoms with Gasteiger partial charge in [0.1, 0.15) is 12.4 Å². The summed E-state index contributed by atoms with van der Waals surface area (Å²) in [6, 6.07) is 17.6. The number of anilines is 2. The Morgan fingerprint density at radius 2 is 1.62 bits per heavy atom. The van der Waals surface area contributed by atoms with Gasteiger partial charge in [0.25, 0.3) is 0 Å². The van der Waals surface area contributed by atoms with E-state index in [1.54, 1.807) is 0 Å². The number of nitrogens with zero attached hydrogens (tertiary/aromatic N) is 1. The predicted molar refractivity (Wildman–Crippen MR) is 140 cm³/mol. The highest BCUT2D eigenvalue weighted by Crippen LogP contribution is 2.32. The van der Waals surface area contributed by atoms with Crippen molar-refractivity contribution in [1.82, 2.24) is 0 Å². The van der Waals surface area contributed by atoms with Crippen LogP contribution in [0.5, 0.6) is 5.75 Å². The molecule has 1 aliphatic rings. The maximum atomic E-state index is 6.61. The monoisotopic (exact) mass is 552 g/mol. The van der Waals surface area contributed by atoms with Crippen molar-refractivity contribution < 1.29 is 4.74 Å². The van der Waals surface area contributed by atoms with E-state index in [-0.39, 0.29) is 0 Å². The molecule has 1 aliphatic heterocycles. The Hall–Kier alpha value is -1.59. The molecule has 168 valence electrons. The van der Waals surface area contributed by atoms with Crippen LogP contribution in [0.2, 0.25) is 15.1 Å². The second-order valence-electron chi connectivity index (χ2n) is 7.81. The molecule has 4 rings (SSSR count). The lowest BCUT2D eigenvalue weighted by molar-refractivity contribution is 0.303. The molecule has 3 aromatic rings. The van der Waals surface area contributed by atoms with Crippen molar-refractivity contribution >= 4 is 62.1 Å². The third-order valence-electron chi connectivity index (χ3n) is 5.58. The zero-order valence-corrected chi connectivity index (χ0v) is 21.4. The van der Waals surface area contributed by atoms with Gasteiger partial charge in [0.2, 0.25) is 0 Å². The molecule has 3 nitrogen and oxygen atoms in total. The molecule has 0 aromatic heterocycles. The molecule has 1 N–H and O–H groups in total. The number of nitrogens with one attached hydrogen (secondary N) is 1. The zero-order chi connectivity index (χ0) is 22.5. The second kappa shape index (κ2) is 11.0. The minimum atomic E-state index is 0.295. The normalized spacial score (nSPS) is 13.8. The number of benzene rings is 3. The summed E-state index contributed by atoms with van der Waals surface area (Å²) in [5, 5.41) is 5.43. The van der Waals surface area contributed by atoms with Gasteiger partial charge in [-0.3, -0.25) is 0 Å². The fourth-order valence-corrected chi connectivity index (χ4v) is 5.07. The summed E-state index contributed by atoms with van der Waals surface area (Å²) in [5.41, 5.74) is 3.87. The zero-order valence-electron chi connectivity index (χ0n) is 17.5. The summed E-state index contributed by atoms with van der Waals surface area (Å²) in [6.45, 7) is 3.02. The molecule has 0 atom stereocenters. The van der Waals surface area contributed by atoms with Crippen LogP contribution in [0.4, 0.5) is 11.4 Å². The van der Waals surface area contributed by atoms with Gasteiger partial charge < -0.3 is 15.0 Å². The lowest BCUT2D eigenvalue weighted by Crippen LogP contribution is -2.29. The van der Waals surface area contributed by atoms with Crippen LogP contribution in [0.25, 0.3) is 0 Å². The fraction of sp³-hybridized carbons (Fsp3) is 0.280. The van der Waals surface area contributed by atoms with Gasteiger partial charge in [-0.1, -0.05) is 56.8 Å². The maximum absolute atomic E-state index is 6.61. The van der Waals surface area contributed by atoms with E-state index in [9.17, 15) is 0 Å². The topological polar surface area (TPSA) is 24.5 Å². The van der Waals surface area contributed by atoms with E-state index >= 15 is 0 Å². The van der Waals surface area contributed by atoms with Crippen LogP contribution in [-0.2, 0) is 13.2 Å². The summed E-state index contributed by atoms with van der Waals surface area (Å²) >= 11 is 22.7. The molecule has 0 saturated carbocycles. The summed E-state index contributed by atoms with van der Waals surface area (Å²) in [6.07, 6.45) is 3.75. The molecule has 0 amide bonds. The Morgan fingerprint density at radius 3 is 2.34 bits per heavy atom. The Balaban J connectivity index is 1.45. The molecule has 1 fully saturated rings. The van der Waals surface area contributed by atoms with Crippen LogP contribution >= 0.6 is 50.7 Å². The highest BCUT2D eigenvalue weighted by molar-refractivity contribution is 9.10. The van der Waals surface area contributed by atoms with Gasteiger partial charge in [0.05, 0.1) is 10.7 Å². The van der Waals surface area contributed by atoms with Gasteiger partial charge in [-0.05, 0) is 67.8 Å². The minimum Gasteiger partial charge on any atom is -0.488 e. The first-order chi connectivity index (χ1) is 15.5. The molecular formula is C25H24BrCl3N2O. The van der Waals surface area contributed by atoms with Crippen molar-refractivity contribution in [2.75, 3.05) is 23.3 Å². The number of ether oxygens (including phenoxy) is 1. The van der Waals surface area contributed by atoms with Crippen LogP contribution in [0.3, 0.4) is 0 Å². The van der Waals surface area contributed by atoms with Crippen molar-refractivity contribution in [2.45, 2.75) is 32.4 Å². The molecule has 3 aromatic carbocycles. The van der Waals surface area contributed by atoms with E-state index in [0.717, 1.165) is 50.8 Å². The highest BCUT2D eigenvalue weighted by Gasteiger charge is 2.14. The molecule has 1 heterocycles. The van der Waals surface area contributed by atoms with Crippen LogP contribution in [0.15, 0.2) is 59.1 Å². The van der Waals surface area contributed by atoms with Gasteiger partial charge in [-0.25, -0.2) is 0 Å². The van der Waals surface area contributed by atoms with Crippen molar-refractivity contribution in [3.8, 4) is 5.75 Å². The molecule has 0 unspecified atom stereocenters. The summed E-state index contributed by atoms with van der Waals surface area (Å²) in [7, 11) is 0. The van der Waals surface area contributed by atoms with Crippen LogP contribution < -0.4 is 15.0 Å². The lowest BCUT2D eigenvalue weighted by atomic mass is 10.1. The fourth-order valence-electron chi connectivity index (χ4n) is 3.85. The highest BCUT2D eigenvalue weighted by atomic mass is 79.9. The average molecular weight is 555 g/mol. The molecule has 0 bridgehead atoms. The number of halogens is 4. The van der Waals surface area contributed by atoms with Crippen LogP contribution in [0, 0.1) is 0 Å². The Labute approximate surface area is 212 Å². The molecule has 0 radical (unpaired) electrons. The van der Waals surface area contributed by atoms with E-state index in [1.807, 2.05) is 42.5 Å². The van der Waals surface area contributed by atoms with Crippen LogP contribution in [0.1, 0.15) is 30.4 Å². The first kappa shape index (κ1) is 23.6. The van der Waals surface area contributed by atoms with Gasteiger partial charge in [-0.2, -0.15) is 0 Å². The van der Waals surface area contributed by atoms with Gasteiger partial charge >= 0.3 is 0 Å². The predicted octanol–water partition coefficient (Wildman–Crippen LogP) is 8.59. The molecule has 32 heavy (non-hydrogen) atoms. The average Bonchev–Trinajstić information content (AvgIpc) is 2.79. The molecular weight excluding hydrogens is 531 g/mol. The maximum Gasteiger partial charge on any atom is 0.124 e. The van der Waals surface area contributed by atoms with E-state index in [0.29, 0.717) is 23.2 Å². The van der Waals surface area contributed by atoms with Gasteiger partial charge in [-0.15, -0.1) is 0 Å². The first-order valence-electron chi connectivity index (χ1n) is 10.6. The number of hydrogen-bond donors (Lipinski definition) is 1. The SMILES string of the molecule is Clc1cc(NCc2cc(Br)ccc2OCc2c(Cl)cccc2Cl)ccc1N1CCCCC1. The summed E-state index contributed by atoms with van der Waals surface area (Å²) in [5.74, 6) is 0.771. The van der Waals surface area contributed by atoms with Gasteiger partial charge in [0, 0.05) is 51.0 Å². The third kappa shape index (κ3) is 5.85. The van der Waals surface area contributed by atoms with Crippen molar-refractivity contribution in [1.29, 1.82) is 0 Å². The first-order valence-corrected chi connectivity index (χ1v) is 12.6. The third-order valence-corrected chi connectivity index (χ3v) is 7.09. The lowest BCUT2D eigenvalue weighted by Gasteiger charge is -2.29. The van der Waals surface area contributed by atoms with E-state index in [1.165, 1.54) is 19.3 Å². The Kier molecular flexibility index (Phi) is 8.12. The molecule has 0 spiro atoms. The summed E-state index contributed by atoms with van der Waals surface area (Å²) < 4.78 is 7.07. The molecule has 7 heteroatoms. The number of hydrogen-bond acceptors (Lipinski definition) is 3. The Bertz CT molecular complexity index is 1070. The molecule has 0 aliphatic carbocycles. The summed E-state index contributed by atoms with van der Waals surface area (Å²) in [4.78, 5) is 2.37. The van der Waals surface area contributed by atoms with Gasteiger partial charge in [0.15, 0.2) is 0 Å². The van der Waals surface area contributed by atoms with E-state index in [2.05, 4.69) is 38.3 Å². The van der Waals surface area contributed by atoms with E-state index in [4.69, 9.17) is 39.5 Å². The van der Waals surface area contributed by atoms with Crippen molar-refractivity contribution in [2.24, 2.45) is 0 Å². The smallest absolute Gasteiger partial charge is 0.124 e. The number of piperidine rings is 1. The van der Waals surface area contributed by atoms with Crippen molar-refractivity contribution in [3.63, 3.8) is 0 Å². The Morgan fingerprint density at radius 1 is 0.875 bits per heavy atom. The van der Waals surface area contributed by atoms with E-state index < -0.39 is 0 Å². The minimum absolute atomic E-state index is 0.295. The standard InChI is InChI=1S/C25H24BrCl3N2O/c26-18-7-10-25(32-16-20-21(27)5-4-6-22(20)28)17(13-18)15-30-19-8-9-24(23(29)14-19)31-11-2-1-3-12-31/h4-10,13-14,30H,1-3,11-12,15-16H2. The molecule has 1 saturated heterocycles. The second-order valence-corrected chi connectivity index (χ2v) is 9.95. The largest absolute Gasteiger partial charge is 0.488 e. The quantitative estimate of drug-likeness (QED) is 0.317.